The topological polar surface area (TPSA) is 102 Å². The van der Waals surface area contributed by atoms with Gasteiger partial charge in [-0.1, -0.05) is 0 Å². The van der Waals surface area contributed by atoms with E-state index in [9.17, 15) is 13.2 Å². The molecule has 2 saturated heterocycles. The number of carbonyl (C=O) groups excluding carboxylic acids is 1. The number of rotatable bonds is 4. The molecule has 9 heteroatoms. The third-order valence-corrected chi connectivity index (χ3v) is 3.85. The van der Waals surface area contributed by atoms with E-state index >= 15 is 0 Å². The number of urea groups is 1. The summed E-state index contributed by atoms with van der Waals surface area (Å²) in [5, 5.41) is 0.870. The van der Waals surface area contributed by atoms with E-state index in [0.29, 0.717) is 19.5 Å². The van der Waals surface area contributed by atoms with Gasteiger partial charge in [-0.05, 0) is 12.8 Å². The van der Waals surface area contributed by atoms with Gasteiger partial charge in [0.25, 0.3) is 0 Å². The van der Waals surface area contributed by atoms with Crippen LogP contribution in [0.4, 0.5) is 4.79 Å². The predicted octanol–water partition coefficient (Wildman–Crippen LogP) is -0.963. The number of hydrogen-bond acceptors (Lipinski definition) is 6. The lowest BCUT2D eigenvalue weighted by molar-refractivity contribution is -0.0341. The van der Waals surface area contributed by atoms with Crippen molar-refractivity contribution in [2.75, 3.05) is 20.2 Å². The van der Waals surface area contributed by atoms with Crippen molar-refractivity contribution in [1.29, 1.82) is 0 Å². The maximum absolute atomic E-state index is 11.9. The Bertz CT molecular complexity index is 411. The van der Waals surface area contributed by atoms with Gasteiger partial charge in [-0.25, -0.2) is 4.79 Å². The molecule has 2 fully saturated rings. The Morgan fingerprint density at radius 1 is 1.47 bits per heavy atom. The van der Waals surface area contributed by atoms with E-state index in [-0.39, 0.29) is 12.1 Å². The Hall–Kier alpha value is -0.900. The van der Waals surface area contributed by atoms with Gasteiger partial charge >= 0.3 is 16.4 Å². The summed E-state index contributed by atoms with van der Waals surface area (Å²) < 4.78 is 31.1. The van der Waals surface area contributed by atoms with Crippen molar-refractivity contribution in [3.05, 3.63) is 0 Å². The van der Waals surface area contributed by atoms with Crippen molar-refractivity contribution in [2.45, 2.75) is 24.9 Å². The normalized spacial score (nSPS) is 28.9. The second-order valence-corrected chi connectivity index (χ2v) is 5.33. The molecule has 0 aromatic rings. The molecular formula is C8H15N3O5S. The summed E-state index contributed by atoms with van der Waals surface area (Å²) in [4.78, 5) is 13.4. The third-order valence-electron chi connectivity index (χ3n) is 3.09. The van der Waals surface area contributed by atoms with Gasteiger partial charge in [0.2, 0.25) is 0 Å². The number of nitrogens with two attached hydrogens (primary N) is 1. The summed E-state index contributed by atoms with van der Waals surface area (Å²) in [6, 6.07) is -0.767. The van der Waals surface area contributed by atoms with Crippen LogP contribution < -0.4 is 5.73 Å². The minimum atomic E-state index is -4.15. The van der Waals surface area contributed by atoms with Gasteiger partial charge in [-0.2, -0.15) is 13.5 Å². The van der Waals surface area contributed by atoms with Crippen molar-refractivity contribution in [3.8, 4) is 0 Å². The van der Waals surface area contributed by atoms with Crippen molar-refractivity contribution >= 4 is 16.4 Å². The lowest BCUT2D eigenvalue weighted by Crippen LogP contribution is -2.44. The lowest BCUT2D eigenvalue weighted by atomic mass is 10.0. The van der Waals surface area contributed by atoms with Crippen molar-refractivity contribution in [3.63, 3.8) is 0 Å². The first kappa shape index (κ1) is 12.6. The molecular weight excluding hydrogens is 250 g/mol. The van der Waals surface area contributed by atoms with Gasteiger partial charge in [0.1, 0.15) is 0 Å². The molecule has 0 aromatic carbocycles. The highest BCUT2D eigenvalue weighted by Crippen LogP contribution is 2.30. The maximum Gasteiger partial charge on any atom is 0.420 e. The van der Waals surface area contributed by atoms with Gasteiger partial charge in [0.15, 0.2) is 0 Å². The Balaban J connectivity index is 2.14. The maximum atomic E-state index is 11.9. The van der Waals surface area contributed by atoms with E-state index in [4.69, 9.17) is 5.73 Å². The van der Waals surface area contributed by atoms with E-state index in [1.165, 1.54) is 0 Å². The van der Waals surface area contributed by atoms with Crippen LogP contribution in [-0.4, -0.2) is 56.7 Å². The fraction of sp³-hybridized carbons (Fsp3) is 0.875. The van der Waals surface area contributed by atoms with E-state index < -0.39 is 16.4 Å². The van der Waals surface area contributed by atoms with Crippen molar-refractivity contribution in [1.82, 2.24) is 9.96 Å². The number of hydroxylamine groups is 2. The summed E-state index contributed by atoms with van der Waals surface area (Å²) in [6.07, 6.45) is 1.42. The molecule has 2 aliphatic rings. The Kier molecular flexibility index (Phi) is 3.25. The number of nitrogens with zero attached hydrogens (tertiary/aromatic N) is 2. The molecule has 98 valence electrons. The van der Waals surface area contributed by atoms with Crippen LogP contribution in [0.3, 0.4) is 0 Å². The zero-order valence-electron chi connectivity index (χ0n) is 9.40. The van der Waals surface area contributed by atoms with E-state index in [2.05, 4.69) is 8.47 Å². The van der Waals surface area contributed by atoms with Gasteiger partial charge in [-0.3, -0.25) is 4.18 Å². The number of piperidine rings is 1. The van der Waals surface area contributed by atoms with Crippen LogP contribution in [0, 0.1) is 0 Å². The largest absolute Gasteiger partial charge is 0.420 e. The van der Waals surface area contributed by atoms with Crippen LogP contribution in [0.25, 0.3) is 0 Å². The molecule has 2 amide bonds. The van der Waals surface area contributed by atoms with Crippen molar-refractivity contribution in [2.24, 2.45) is 5.73 Å². The Morgan fingerprint density at radius 2 is 2.18 bits per heavy atom. The number of fused-ring (bicyclic) bond motifs is 2. The van der Waals surface area contributed by atoms with Crippen LogP contribution in [0.5, 0.6) is 0 Å². The fourth-order valence-electron chi connectivity index (χ4n) is 2.18. The summed E-state index contributed by atoms with van der Waals surface area (Å²) in [7, 11) is -3.17. The van der Waals surface area contributed by atoms with Gasteiger partial charge in [0, 0.05) is 19.1 Å². The summed E-state index contributed by atoms with van der Waals surface area (Å²) in [5.74, 6) is 0. The molecule has 17 heavy (non-hydrogen) atoms. The van der Waals surface area contributed by atoms with Crippen LogP contribution in [0.2, 0.25) is 0 Å². The molecule has 2 N–H and O–H groups in total. The quantitative estimate of drug-likeness (QED) is 0.702. The molecule has 2 atom stereocenters. The van der Waals surface area contributed by atoms with Gasteiger partial charge < -0.3 is 10.6 Å². The molecule has 2 aliphatic heterocycles. The summed E-state index contributed by atoms with van der Waals surface area (Å²) >= 11 is 0. The summed E-state index contributed by atoms with van der Waals surface area (Å²) in [5.41, 5.74) is 5.55. The SMILES string of the molecule is COS(=O)(=O)ON1C(=O)N2C[C@H]1CC[C@H]2CN. The zero-order chi connectivity index (χ0) is 12.6. The Morgan fingerprint density at radius 3 is 2.76 bits per heavy atom. The average molecular weight is 265 g/mol. The minimum Gasteiger partial charge on any atom is -0.328 e. The monoisotopic (exact) mass is 265 g/mol. The van der Waals surface area contributed by atoms with E-state index in [0.717, 1.165) is 18.6 Å². The average Bonchev–Trinajstić information content (AvgIpc) is 2.55. The highest BCUT2D eigenvalue weighted by molar-refractivity contribution is 7.81. The number of amides is 2. The molecule has 2 rings (SSSR count). The van der Waals surface area contributed by atoms with Crippen LogP contribution >= 0.6 is 0 Å². The first-order valence-corrected chi connectivity index (χ1v) is 6.62. The second kappa shape index (κ2) is 4.41. The molecule has 0 unspecified atom stereocenters. The minimum absolute atomic E-state index is 0.0439. The van der Waals surface area contributed by atoms with E-state index in [1.807, 2.05) is 0 Å². The third kappa shape index (κ3) is 2.23. The molecule has 0 saturated carbocycles. The molecule has 2 heterocycles. The molecule has 2 bridgehead atoms. The van der Waals surface area contributed by atoms with Gasteiger partial charge in [0.05, 0.1) is 13.2 Å². The number of carbonyl (C=O) groups is 1. The summed E-state index contributed by atoms with van der Waals surface area (Å²) in [6.45, 7) is 0.809. The highest BCUT2D eigenvalue weighted by atomic mass is 32.3. The number of hydrogen-bond donors (Lipinski definition) is 1. The molecule has 0 spiro atoms. The first-order chi connectivity index (χ1) is 7.98. The molecule has 0 aromatic heterocycles. The molecule has 8 nitrogen and oxygen atoms in total. The fourth-order valence-corrected chi connectivity index (χ4v) is 2.63. The smallest absolute Gasteiger partial charge is 0.328 e. The Labute approximate surface area is 99.5 Å². The van der Waals surface area contributed by atoms with E-state index in [1.54, 1.807) is 4.90 Å². The van der Waals surface area contributed by atoms with Gasteiger partial charge in [-0.15, -0.1) is 4.28 Å². The molecule has 0 aliphatic carbocycles. The zero-order valence-corrected chi connectivity index (χ0v) is 10.2. The highest BCUT2D eigenvalue weighted by Gasteiger charge is 2.46. The standard InChI is InChI=1S/C8H15N3O5S/c1-15-17(13,14)16-11-7-3-2-6(4-9)10(5-7)8(11)12/h6-7H,2-5,9H2,1H3/t6-,7+/m0/s1. The second-order valence-electron chi connectivity index (χ2n) is 4.03. The van der Waals surface area contributed by atoms with Crippen LogP contribution in [0.1, 0.15) is 12.8 Å². The van der Waals surface area contributed by atoms with Crippen LogP contribution in [-0.2, 0) is 18.9 Å². The molecule has 0 radical (unpaired) electrons. The van der Waals surface area contributed by atoms with Crippen molar-refractivity contribution < 1.29 is 21.7 Å². The first-order valence-electron chi connectivity index (χ1n) is 5.28. The predicted molar refractivity (Wildman–Crippen MR) is 56.8 cm³/mol. The lowest BCUT2D eigenvalue weighted by Gasteiger charge is -2.28. The van der Waals surface area contributed by atoms with Crippen LogP contribution in [0.15, 0.2) is 0 Å².